The Morgan fingerprint density at radius 1 is 1.53 bits per heavy atom. The van der Waals surface area contributed by atoms with Gasteiger partial charge in [0.2, 0.25) is 5.88 Å². The van der Waals surface area contributed by atoms with Crippen LogP contribution in [0.1, 0.15) is 16.1 Å². The topological polar surface area (TPSA) is 111 Å². The molecule has 0 unspecified atom stereocenters. The van der Waals surface area contributed by atoms with E-state index in [2.05, 4.69) is 9.72 Å². The Labute approximate surface area is 93.0 Å². The van der Waals surface area contributed by atoms with Crippen molar-refractivity contribution in [2.24, 2.45) is 5.73 Å². The maximum atomic E-state index is 12.0. The minimum Gasteiger partial charge on any atom is -0.477 e. The zero-order valence-corrected chi connectivity index (χ0v) is 8.28. The molecule has 0 fully saturated rings. The lowest BCUT2D eigenvalue weighted by Gasteiger charge is -2.12. The van der Waals surface area contributed by atoms with E-state index in [0.717, 1.165) is 6.07 Å². The summed E-state index contributed by atoms with van der Waals surface area (Å²) in [7, 11) is 0. The first kappa shape index (κ1) is 13.0. The summed E-state index contributed by atoms with van der Waals surface area (Å²) in [6.45, 7) is -0.236. The van der Waals surface area contributed by atoms with Crippen molar-refractivity contribution in [1.82, 2.24) is 4.98 Å². The number of nitrogens with two attached hydrogens (primary N) is 2. The SMILES string of the molecule is NCc1nc(OC(F)(F)F)c(C(=O)O)cc1N. The van der Waals surface area contributed by atoms with Gasteiger partial charge in [-0.05, 0) is 6.07 Å². The van der Waals surface area contributed by atoms with Crippen LogP contribution in [0.3, 0.4) is 0 Å². The maximum Gasteiger partial charge on any atom is 0.574 e. The number of rotatable bonds is 3. The Balaban J connectivity index is 3.29. The lowest BCUT2D eigenvalue weighted by atomic mass is 10.2. The van der Waals surface area contributed by atoms with Crippen molar-refractivity contribution in [1.29, 1.82) is 0 Å². The van der Waals surface area contributed by atoms with Gasteiger partial charge in [0.1, 0.15) is 5.56 Å². The van der Waals surface area contributed by atoms with Crippen LogP contribution in [-0.4, -0.2) is 22.4 Å². The Morgan fingerprint density at radius 3 is 2.53 bits per heavy atom. The first-order valence-electron chi connectivity index (χ1n) is 4.23. The summed E-state index contributed by atoms with van der Waals surface area (Å²) in [4.78, 5) is 14.0. The molecule has 0 radical (unpaired) electrons. The number of pyridine rings is 1. The summed E-state index contributed by atoms with van der Waals surface area (Å²) >= 11 is 0. The second-order valence-corrected chi connectivity index (χ2v) is 2.93. The number of anilines is 1. The smallest absolute Gasteiger partial charge is 0.477 e. The predicted molar refractivity (Wildman–Crippen MR) is 50.2 cm³/mol. The molecule has 0 saturated carbocycles. The number of nitrogen functional groups attached to an aromatic ring is 1. The molecule has 0 amide bonds. The average molecular weight is 251 g/mol. The highest BCUT2D eigenvalue weighted by atomic mass is 19.4. The molecule has 0 aliphatic heterocycles. The predicted octanol–water partition coefficient (Wildman–Crippen LogP) is 0.719. The van der Waals surface area contributed by atoms with Crippen molar-refractivity contribution in [3.8, 4) is 5.88 Å². The third-order valence-corrected chi connectivity index (χ3v) is 1.74. The molecule has 0 bridgehead atoms. The summed E-state index contributed by atoms with van der Waals surface area (Å²) in [5.74, 6) is -2.72. The first-order valence-corrected chi connectivity index (χ1v) is 4.23. The lowest BCUT2D eigenvalue weighted by molar-refractivity contribution is -0.276. The number of aromatic carboxylic acids is 1. The van der Waals surface area contributed by atoms with Crippen molar-refractivity contribution in [2.75, 3.05) is 5.73 Å². The molecule has 94 valence electrons. The van der Waals surface area contributed by atoms with Crippen LogP contribution in [0.5, 0.6) is 5.88 Å². The van der Waals surface area contributed by atoms with Crippen molar-refractivity contribution in [3.63, 3.8) is 0 Å². The van der Waals surface area contributed by atoms with Gasteiger partial charge < -0.3 is 21.3 Å². The van der Waals surface area contributed by atoms with Gasteiger partial charge in [0.05, 0.1) is 11.4 Å². The van der Waals surface area contributed by atoms with Crippen LogP contribution in [0.4, 0.5) is 18.9 Å². The molecular weight excluding hydrogens is 243 g/mol. The molecule has 1 aromatic rings. The largest absolute Gasteiger partial charge is 0.574 e. The van der Waals surface area contributed by atoms with Crippen LogP contribution in [0.2, 0.25) is 0 Å². The van der Waals surface area contributed by atoms with E-state index in [0.29, 0.717) is 0 Å². The van der Waals surface area contributed by atoms with Crippen LogP contribution in [0.15, 0.2) is 6.07 Å². The molecule has 17 heavy (non-hydrogen) atoms. The normalized spacial score (nSPS) is 11.3. The Bertz CT molecular complexity index is 448. The highest BCUT2D eigenvalue weighted by molar-refractivity contribution is 5.91. The molecule has 1 aromatic heterocycles. The molecule has 0 aromatic carbocycles. The fourth-order valence-corrected chi connectivity index (χ4v) is 1.05. The molecule has 1 heterocycles. The molecule has 0 saturated heterocycles. The summed E-state index contributed by atoms with van der Waals surface area (Å²) in [5, 5.41) is 8.68. The number of aromatic nitrogens is 1. The van der Waals surface area contributed by atoms with Gasteiger partial charge in [-0.1, -0.05) is 0 Å². The van der Waals surface area contributed by atoms with Gasteiger partial charge in [0.15, 0.2) is 0 Å². The summed E-state index contributed by atoms with van der Waals surface area (Å²) < 4.78 is 39.5. The fourth-order valence-electron chi connectivity index (χ4n) is 1.05. The van der Waals surface area contributed by atoms with Crippen molar-refractivity contribution in [2.45, 2.75) is 12.9 Å². The standard InChI is InChI=1S/C8H8F3N3O3/c9-8(10,11)17-6-3(7(15)16)1-4(13)5(2-12)14-6/h1H,2,12-13H2,(H,15,16). The molecule has 0 spiro atoms. The van der Waals surface area contributed by atoms with Crippen LogP contribution < -0.4 is 16.2 Å². The third-order valence-electron chi connectivity index (χ3n) is 1.74. The average Bonchev–Trinajstić information content (AvgIpc) is 2.17. The van der Waals surface area contributed by atoms with Gasteiger partial charge in [0, 0.05) is 6.54 Å². The van der Waals surface area contributed by atoms with Gasteiger partial charge >= 0.3 is 12.3 Å². The minimum absolute atomic E-state index is 0.0748. The van der Waals surface area contributed by atoms with Crippen LogP contribution in [-0.2, 0) is 6.54 Å². The van der Waals surface area contributed by atoms with E-state index in [-0.39, 0.29) is 17.9 Å². The first-order chi connectivity index (χ1) is 7.74. The highest BCUT2D eigenvalue weighted by Crippen LogP contribution is 2.27. The molecule has 0 aliphatic carbocycles. The van der Waals surface area contributed by atoms with E-state index in [1.807, 2.05) is 0 Å². The van der Waals surface area contributed by atoms with E-state index >= 15 is 0 Å². The van der Waals surface area contributed by atoms with E-state index < -0.39 is 23.8 Å². The molecule has 5 N–H and O–H groups in total. The molecule has 9 heteroatoms. The van der Waals surface area contributed by atoms with Crippen LogP contribution in [0, 0.1) is 0 Å². The van der Waals surface area contributed by atoms with Crippen molar-refractivity contribution < 1.29 is 27.8 Å². The van der Waals surface area contributed by atoms with Crippen LogP contribution in [0.25, 0.3) is 0 Å². The monoisotopic (exact) mass is 251 g/mol. The number of nitrogens with zero attached hydrogens (tertiary/aromatic N) is 1. The number of carboxylic acids is 1. The molecule has 0 aliphatic rings. The second-order valence-electron chi connectivity index (χ2n) is 2.93. The number of halogens is 3. The molecule has 0 atom stereocenters. The van der Waals surface area contributed by atoms with Crippen LogP contribution >= 0.6 is 0 Å². The van der Waals surface area contributed by atoms with Crippen molar-refractivity contribution >= 4 is 11.7 Å². The van der Waals surface area contributed by atoms with Crippen molar-refractivity contribution in [3.05, 3.63) is 17.3 Å². The fraction of sp³-hybridized carbons (Fsp3) is 0.250. The summed E-state index contributed by atoms with van der Waals surface area (Å²) in [6.07, 6.45) is -5.04. The number of hydrogen-bond acceptors (Lipinski definition) is 5. The Hall–Kier alpha value is -2.03. The molecule has 1 rings (SSSR count). The number of alkyl halides is 3. The van der Waals surface area contributed by atoms with E-state index in [1.54, 1.807) is 0 Å². The van der Waals surface area contributed by atoms with Gasteiger partial charge in [-0.25, -0.2) is 9.78 Å². The third kappa shape index (κ3) is 3.21. The van der Waals surface area contributed by atoms with Gasteiger partial charge in [-0.2, -0.15) is 0 Å². The summed E-state index contributed by atoms with van der Waals surface area (Å²) in [6, 6.07) is 0.818. The van der Waals surface area contributed by atoms with E-state index in [9.17, 15) is 18.0 Å². The van der Waals surface area contributed by atoms with Gasteiger partial charge in [-0.15, -0.1) is 13.2 Å². The van der Waals surface area contributed by atoms with Gasteiger partial charge in [-0.3, -0.25) is 0 Å². The van der Waals surface area contributed by atoms with E-state index in [4.69, 9.17) is 16.6 Å². The minimum atomic E-state index is -5.04. The number of hydrogen-bond donors (Lipinski definition) is 3. The Kier molecular flexibility index (Phi) is 3.42. The zero-order valence-electron chi connectivity index (χ0n) is 8.28. The second kappa shape index (κ2) is 4.45. The summed E-state index contributed by atoms with van der Waals surface area (Å²) in [5.41, 5.74) is 9.58. The quantitative estimate of drug-likeness (QED) is 0.729. The maximum absolute atomic E-state index is 12.0. The zero-order chi connectivity index (χ0) is 13.2. The molecule has 6 nitrogen and oxygen atoms in total. The highest BCUT2D eigenvalue weighted by Gasteiger charge is 2.34. The number of carboxylic acid groups (broad SMARTS) is 1. The Morgan fingerprint density at radius 2 is 2.12 bits per heavy atom. The number of ether oxygens (including phenoxy) is 1. The number of carbonyl (C=O) groups is 1. The molecular formula is C8H8F3N3O3. The lowest BCUT2D eigenvalue weighted by Crippen LogP contribution is -2.21. The van der Waals surface area contributed by atoms with Gasteiger partial charge in [0.25, 0.3) is 0 Å². The van der Waals surface area contributed by atoms with E-state index in [1.165, 1.54) is 0 Å².